The van der Waals surface area contributed by atoms with Gasteiger partial charge in [-0.3, -0.25) is 0 Å². The Bertz CT molecular complexity index is 550. The van der Waals surface area contributed by atoms with Crippen LogP contribution < -0.4 is 0 Å². The summed E-state index contributed by atoms with van der Waals surface area (Å²) in [7, 11) is 0. The van der Waals surface area contributed by atoms with E-state index in [-0.39, 0.29) is 23.0 Å². The van der Waals surface area contributed by atoms with Crippen LogP contribution in [0.1, 0.15) is 79.1 Å². The number of rotatable bonds is 3. The van der Waals surface area contributed by atoms with E-state index in [1.54, 1.807) is 0 Å². The molecule has 0 bridgehead atoms. The minimum atomic E-state index is -0.212. The predicted molar refractivity (Wildman–Crippen MR) is 108 cm³/mol. The molecule has 0 radical (unpaired) electrons. The highest BCUT2D eigenvalue weighted by molar-refractivity contribution is 5.13. The Morgan fingerprint density at radius 1 is 0.926 bits per heavy atom. The molecule has 156 valence electrons. The van der Waals surface area contributed by atoms with E-state index in [0.29, 0.717) is 48.0 Å². The van der Waals surface area contributed by atoms with Gasteiger partial charge in [0.05, 0.1) is 12.2 Å². The molecule has 3 heteroatoms. The lowest BCUT2D eigenvalue weighted by atomic mass is 9.41. The van der Waals surface area contributed by atoms with Crippen LogP contribution in [-0.2, 0) is 0 Å². The van der Waals surface area contributed by atoms with Gasteiger partial charge in [-0.25, -0.2) is 0 Å². The number of fused-ring (bicyclic) bond motifs is 5. The van der Waals surface area contributed by atoms with Crippen LogP contribution in [-0.4, -0.2) is 34.1 Å². The van der Waals surface area contributed by atoms with E-state index in [2.05, 4.69) is 27.7 Å². The lowest BCUT2D eigenvalue weighted by Crippen LogP contribution is -2.62. The average Bonchev–Trinajstić information content (AvgIpc) is 3.00. The van der Waals surface area contributed by atoms with Crippen LogP contribution in [0.2, 0.25) is 0 Å². The van der Waals surface area contributed by atoms with Crippen molar-refractivity contribution in [2.24, 2.45) is 52.3 Å². The van der Waals surface area contributed by atoms with Crippen LogP contribution in [0.25, 0.3) is 0 Å². The molecule has 4 unspecified atom stereocenters. The fraction of sp³-hybridized carbons (Fsp3) is 1.00. The molecular formula is C24H42O3. The van der Waals surface area contributed by atoms with E-state index in [4.69, 9.17) is 0 Å². The molecule has 3 nitrogen and oxygen atoms in total. The molecule has 0 heterocycles. The predicted octanol–water partition coefficient (Wildman–Crippen LogP) is 4.24. The summed E-state index contributed by atoms with van der Waals surface area (Å²) in [5.41, 5.74) is 0.561. The summed E-state index contributed by atoms with van der Waals surface area (Å²) >= 11 is 0. The molecule has 3 N–H and O–H groups in total. The Balaban J connectivity index is 1.69. The molecule has 0 aromatic carbocycles. The molecule has 11 atom stereocenters. The highest BCUT2D eigenvalue weighted by Gasteiger charge is 2.64. The standard InChI is InChI=1S/C24H42O3/c1-5-16-20-12-15(26)8-10-24(20,4)19-9-11-23(3)17(14(2)13-25)6-7-18(23)21(19)22(16)27/h14-22,25-27H,5-13H2,1-4H3/t14-,15-,16-,17-,18?,19?,20?,21?,22-,23-,24-/m1/s1. The molecule has 4 fully saturated rings. The maximum atomic E-state index is 11.6. The Morgan fingerprint density at radius 2 is 1.59 bits per heavy atom. The monoisotopic (exact) mass is 378 g/mol. The first kappa shape index (κ1) is 20.2. The molecule has 4 aliphatic rings. The summed E-state index contributed by atoms with van der Waals surface area (Å²) in [4.78, 5) is 0. The van der Waals surface area contributed by atoms with E-state index in [0.717, 1.165) is 25.7 Å². The third kappa shape index (κ3) is 2.78. The van der Waals surface area contributed by atoms with Gasteiger partial charge in [0.15, 0.2) is 0 Å². The Hall–Kier alpha value is -0.120. The maximum absolute atomic E-state index is 11.6. The Kier molecular flexibility index (Phi) is 5.22. The molecule has 0 aromatic rings. The van der Waals surface area contributed by atoms with Gasteiger partial charge in [-0.2, -0.15) is 0 Å². The maximum Gasteiger partial charge on any atom is 0.0605 e. The molecule has 0 aliphatic heterocycles. The SMILES string of the molecule is CC[C@@H]1C2C[C@H](O)CC[C@]2(C)C2CC[C@@]3(C)C(CC[C@@H]3[C@H](C)CO)C2[C@@H]1O. The fourth-order valence-electron chi connectivity index (χ4n) is 9.06. The lowest BCUT2D eigenvalue weighted by molar-refractivity contribution is -0.203. The van der Waals surface area contributed by atoms with Crippen molar-refractivity contribution >= 4 is 0 Å². The first-order valence-corrected chi connectivity index (χ1v) is 11.7. The van der Waals surface area contributed by atoms with Crippen molar-refractivity contribution in [3.8, 4) is 0 Å². The van der Waals surface area contributed by atoms with E-state index < -0.39 is 0 Å². The minimum absolute atomic E-state index is 0.170. The van der Waals surface area contributed by atoms with Crippen LogP contribution in [0, 0.1) is 52.3 Å². The van der Waals surface area contributed by atoms with Gasteiger partial charge in [0, 0.05) is 6.61 Å². The van der Waals surface area contributed by atoms with Crippen molar-refractivity contribution in [3.05, 3.63) is 0 Å². The number of aliphatic hydroxyl groups excluding tert-OH is 3. The summed E-state index contributed by atoms with van der Waals surface area (Å²) in [6, 6.07) is 0. The fourth-order valence-corrected chi connectivity index (χ4v) is 9.06. The van der Waals surface area contributed by atoms with Gasteiger partial charge in [-0.1, -0.05) is 34.1 Å². The summed E-state index contributed by atoms with van der Waals surface area (Å²) in [5.74, 6) is 3.40. The molecule has 4 saturated carbocycles. The summed E-state index contributed by atoms with van der Waals surface area (Å²) < 4.78 is 0. The quantitative estimate of drug-likeness (QED) is 0.688. The van der Waals surface area contributed by atoms with Crippen LogP contribution in [0.4, 0.5) is 0 Å². The van der Waals surface area contributed by atoms with Crippen molar-refractivity contribution < 1.29 is 15.3 Å². The van der Waals surface area contributed by atoms with Gasteiger partial charge in [0.1, 0.15) is 0 Å². The third-order valence-electron chi connectivity index (χ3n) is 10.4. The molecular weight excluding hydrogens is 336 g/mol. The normalized spacial score (nSPS) is 56.1. The zero-order chi connectivity index (χ0) is 19.6. The van der Waals surface area contributed by atoms with Gasteiger partial charge in [0.2, 0.25) is 0 Å². The summed E-state index contributed by atoms with van der Waals surface area (Å²) in [6.45, 7) is 9.73. The first-order chi connectivity index (χ1) is 12.8. The van der Waals surface area contributed by atoms with Crippen LogP contribution >= 0.6 is 0 Å². The first-order valence-electron chi connectivity index (χ1n) is 11.7. The third-order valence-corrected chi connectivity index (χ3v) is 10.4. The van der Waals surface area contributed by atoms with E-state index in [1.807, 2.05) is 0 Å². The highest BCUT2D eigenvalue weighted by Crippen LogP contribution is 2.69. The second-order valence-corrected chi connectivity index (χ2v) is 11.3. The lowest BCUT2D eigenvalue weighted by Gasteiger charge is -2.64. The summed E-state index contributed by atoms with van der Waals surface area (Å²) in [6.07, 6.45) is 8.52. The molecule has 4 rings (SSSR count). The summed E-state index contributed by atoms with van der Waals surface area (Å²) in [5, 5.41) is 31.8. The second kappa shape index (κ2) is 6.99. The van der Waals surface area contributed by atoms with E-state index >= 15 is 0 Å². The van der Waals surface area contributed by atoms with Gasteiger partial charge >= 0.3 is 0 Å². The molecule has 4 aliphatic carbocycles. The van der Waals surface area contributed by atoms with Crippen molar-refractivity contribution in [1.29, 1.82) is 0 Å². The van der Waals surface area contributed by atoms with E-state index in [1.165, 1.54) is 25.7 Å². The molecule has 0 amide bonds. The Morgan fingerprint density at radius 3 is 2.26 bits per heavy atom. The van der Waals surface area contributed by atoms with Gasteiger partial charge < -0.3 is 15.3 Å². The van der Waals surface area contributed by atoms with Gasteiger partial charge in [0.25, 0.3) is 0 Å². The molecule has 0 spiro atoms. The Labute approximate surface area is 165 Å². The molecule has 27 heavy (non-hydrogen) atoms. The van der Waals surface area contributed by atoms with Crippen molar-refractivity contribution in [1.82, 2.24) is 0 Å². The van der Waals surface area contributed by atoms with Gasteiger partial charge in [-0.05, 0) is 97.2 Å². The molecule has 0 aromatic heterocycles. The van der Waals surface area contributed by atoms with Crippen LogP contribution in [0.3, 0.4) is 0 Å². The average molecular weight is 379 g/mol. The number of hydrogen-bond donors (Lipinski definition) is 3. The van der Waals surface area contributed by atoms with E-state index in [9.17, 15) is 15.3 Å². The van der Waals surface area contributed by atoms with Crippen molar-refractivity contribution in [2.45, 2.75) is 91.3 Å². The van der Waals surface area contributed by atoms with Crippen LogP contribution in [0.5, 0.6) is 0 Å². The largest absolute Gasteiger partial charge is 0.396 e. The zero-order valence-electron chi connectivity index (χ0n) is 17.9. The highest BCUT2D eigenvalue weighted by atomic mass is 16.3. The minimum Gasteiger partial charge on any atom is -0.396 e. The number of aliphatic hydroxyl groups is 3. The molecule has 0 saturated heterocycles. The zero-order valence-corrected chi connectivity index (χ0v) is 17.9. The second-order valence-electron chi connectivity index (χ2n) is 11.3. The van der Waals surface area contributed by atoms with Crippen molar-refractivity contribution in [3.63, 3.8) is 0 Å². The van der Waals surface area contributed by atoms with Gasteiger partial charge in [-0.15, -0.1) is 0 Å². The number of hydrogen-bond acceptors (Lipinski definition) is 3. The van der Waals surface area contributed by atoms with Crippen LogP contribution in [0.15, 0.2) is 0 Å². The smallest absolute Gasteiger partial charge is 0.0605 e. The topological polar surface area (TPSA) is 60.7 Å². The van der Waals surface area contributed by atoms with Crippen molar-refractivity contribution in [2.75, 3.05) is 6.61 Å².